The van der Waals surface area contributed by atoms with Crippen LogP contribution in [0.25, 0.3) is 22.2 Å². The first-order valence-corrected chi connectivity index (χ1v) is 10.6. The van der Waals surface area contributed by atoms with Crippen molar-refractivity contribution in [1.82, 2.24) is 19.9 Å². The van der Waals surface area contributed by atoms with Crippen LogP contribution in [0.2, 0.25) is 0 Å². The summed E-state index contributed by atoms with van der Waals surface area (Å²) < 4.78 is 22.5. The first-order valence-electron chi connectivity index (χ1n) is 10.6. The summed E-state index contributed by atoms with van der Waals surface area (Å²) in [6.45, 7) is 4.06. The van der Waals surface area contributed by atoms with E-state index in [-0.39, 0.29) is 29.7 Å². The van der Waals surface area contributed by atoms with Crippen molar-refractivity contribution in [1.29, 1.82) is 0 Å². The normalized spacial score (nSPS) is 11.1. The van der Waals surface area contributed by atoms with E-state index in [9.17, 15) is 9.59 Å². The lowest BCUT2D eigenvalue weighted by Gasteiger charge is -2.11. The summed E-state index contributed by atoms with van der Waals surface area (Å²) in [6, 6.07) is 12.0. The number of rotatable bonds is 8. The van der Waals surface area contributed by atoms with E-state index in [2.05, 4.69) is 15.2 Å². The van der Waals surface area contributed by atoms with Crippen LogP contribution in [0.5, 0.6) is 11.5 Å². The van der Waals surface area contributed by atoms with Gasteiger partial charge in [-0.3, -0.25) is 4.79 Å². The minimum atomic E-state index is -0.695. The fourth-order valence-electron chi connectivity index (χ4n) is 3.46. The predicted molar refractivity (Wildman–Crippen MR) is 123 cm³/mol. The maximum absolute atomic E-state index is 12.9. The van der Waals surface area contributed by atoms with E-state index in [4.69, 9.17) is 18.7 Å². The Labute approximate surface area is 195 Å². The molecule has 0 radical (unpaired) electrons. The second-order valence-corrected chi connectivity index (χ2v) is 7.93. The molecular formula is C24H24N4O6. The highest BCUT2D eigenvalue weighted by Crippen LogP contribution is 2.31. The lowest BCUT2D eigenvalue weighted by atomic mass is 10.1. The Balaban J connectivity index is 1.56. The molecule has 0 saturated carbocycles. The van der Waals surface area contributed by atoms with Crippen LogP contribution in [-0.2, 0) is 17.9 Å². The van der Waals surface area contributed by atoms with Crippen molar-refractivity contribution in [3.05, 3.63) is 64.4 Å². The van der Waals surface area contributed by atoms with Crippen molar-refractivity contribution in [3.8, 4) is 22.9 Å². The van der Waals surface area contributed by atoms with Gasteiger partial charge in [0.15, 0.2) is 23.8 Å². The van der Waals surface area contributed by atoms with Gasteiger partial charge in [-0.15, -0.1) is 0 Å². The smallest absolute Gasteiger partial charge is 0.359 e. The molecule has 0 saturated heterocycles. The first-order chi connectivity index (χ1) is 16.4. The molecule has 2 heterocycles. The Morgan fingerprint density at radius 2 is 1.79 bits per heavy atom. The molecule has 176 valence electrons. The molecule has 0 bridgehead atoms. The molecule has 0 aliphatic rings. The largest absolute Gasteiger partial charge is 0.493 e. The van der Waals surface area contributed by atoms with Crippen molar-refractivity contribution in [2.75, 3.05) is 14.2 Å². The van der Waals surface area contributed by atoms with Gasteiger partial charge in [-0.05, 0) is 30.2 Å². The van der Waals surface area contributed by atoms with Crippen molar-refractivity contribution in [2.45, 2.75) is 27.0 Å². The molecule has 0 unspecified atom stereocenters. The summed E-state index contributed by atoms with van der Waals surface area (Å²) in [7, 11) is 3.08. The third-order valence-electron chi connectivity index (χ3n) is 5.04. The van der Waals surface area contributed by atoms with E-state index in [0.29, 0.717) is 40.2 Å². The summed E-state index contributed by atoms with van der Waals surface area (Å²) in [5, 5.41) is 9.05. The molecule has 0 aliphatic carbocycles. The molecule has 0 fully saturated rings. The zero-order valence-corrected chi connectivity index (χ0v) is 19.3. The van der Waals surface area contributed by atoms with Crippen LogP contribution in [0.1, 0.15) is 30.2 Å². The van der Waals surface area contributed by atoms with Crippen LogP contribution in [-0.4, -0.2) is 40.1 Å². The van der Waals surface area contributed by atoms with Gasteiger partial charge in [-0.2, -0.15) is 10.1 Å². The van der Waals surface area contributed by atoms with Crippen LogP contribution >= 0.6 is 0 Å². The molecule has 0 N–H and O–H groups in total. The van der Waals surface area contributed by atoms with Gasteiger partial charge >= 0.3 is 5.97 Å². The number of benzene rings is 2. The summed E-state index contributed by atoms with van der Waals surface area (Å²) in [5.41, 5.74) is 0.445. The summed E-state index contributed by atoms with van der Waals surface area (Å²) in [4.78, 5) is 29.9. The number of ether oxygens (including phenoxy) is 3. The van der Waals surface area contributed by atoms with E-state index < -0.39 is 5.97 Å². The molecule has 2 aromatic carbocycles. The summed E-state index contributed by atoms with van der Waals surface area (Å²) in [6.07, 6.45) is 0. The maximum atomic E-state index is 12.9. The predicted octanol–water partition coefficient (Wildman–Crippen LogP) is 3.48. The SMILES string of the molecule is COc1ccc(-c2noc(COC(=O)c3nn(CC(C)C)c(=O)c4ccccc34)n2)cc1OC. The molecule has 4 aromatic rings. The van der Waals surface area contributed by atoms with E-state index in [1.54, 1.807) is 49.6 Å². The quantitative estimate of drug-likeness (QED) is 0.361. The first kappa shape index (κ1) is 23.0. The molecule has 4 rings (SSSR count). The molecule has 0 atom stereocenters. The molecule has 0 aliphatic heterocycles. The van der Waals surface area contributed by atoms with Crippen LogP contribution in [0.4, 0.5) is 0 Å². The van der Waals surface area contributed by atoms with Gasteiger partial charge < -0.3 is 18.7 Å². The zero-order valence-electron chi connectivity index (χ0n) is 19.3. The fraction of sp³-hybridized carbons (Fsp3) is 0.292. The van der Waals surface area contributed by atoms with Gasteiger partial charge in [0.25, 0.3) is 11.4 Å². The van der Waals surface area contributed by atoms with Gasteiger partial charge in [-0.1, -0.05) is 37.2 Å². The minimum absolute atomic E-state index is 0.0514. The number of aromatic nitrogens is 4. The molecule has 10 heteroatoms. The monoisotopic (exact) mass is 464 g/mol. The number of hydrogen-bond acceptors (Lipinski definition) is 9. The molecular weight excluding hydrogens is 440 g/mol. The van der Waals surface area contributed by atoms with Gasteiger partial charge in [0.05, 0.1) is 19.6 Å². The number of nitrogens with zero attached hydrogens (tertiary/aromatic N) is 4. The van der Waals surface area contributed by atoms with Crippen LogP contribution in [0.3, 0.4) is 0 Å². The molecule has 0 amide bonds. The van der Waals surface area contributed by atoms with E-state index in [1.165, 1.54) is 11.8 Å². The van der Waals surface area contributed by atoms with E-state index >= 15 is 0 Å². The number of fused-ring (bicyclic) bond motifs is 1. The lowest BCUT2D eigenvalue weighted by Crippen LogP contribution is -2.28. The third-order valence-corrected chi connectivity index (χ3v) is 5.04. The fourth-order valence-corrected chi connectivity index (χ4v) is 3.46. The van der Waals surface area contributed by atoms with Crippen LogP contribution < -0.4 is 15.0 Å². The average Bonchev–Trinajstić information content (AvgIpc) is 3.32. The van der Waals surface area contributed by atoms with E-state index in [0.717, 1.165) is 0 Å². The topological polar surface area (TPSA) is 119 Å². The van der Waals surface area contributed by atoms with Gasteiger partial charge in [0.2, 0.25) is 5.82 Å². The molecule has 2 aromatic heterocycles. The second-order valence-electron chi connectivity index (χ2n) is 7.93. The Bertz CT molecular complexity index is 1390. The maximum Gasteiger partial charge on any atom is 0.359 e. The third kappa shape index (κ3) is 4.61. The Morgan fingerprint density at radius 1 is 1.06 bits per heavy atom. The number of hydrogen-bond donors (Lipinski definition) is 0. The van der Waals surface area contributed by atoms with Crippen molar-refractivity contribution in [3.63, 3.8) is 0 Å². The molecule has 0 spiro atoms. The van der Waals surface area contributed by atoms with E-state index in [1.807, 2.05) is 13.8 Å². The number of carbonyl (C=O) groups is 1. The highest BCUT2D eigenvalue weighted by molar-refractivity contribution is 6.02. The Hall–Kier alpha value is -4.21. The van der Waals surface area contributed by atoms with Crippen molar-refractivity contribution < 1.29 is 23.5 Å². The van der Waals surface area contributed by atoms with Gasteiger partial charge in [-0.25, -0.2) is 9.48 Å². The molecule has 10 nitrogen and oxygen atoms in total. The van der Waals surface area contributed by atoms with Crippen LogP contribution in [0.15, 0.2) is 51.8 Å². The molecule has 34 heavy (non-hydrogen) atoms. The van der Waals surface area contributed by atoms with Gasteiger partial charge in [0.1, 0.15) is 0 Å². The van der Waals surface area contributed by atoms with Crippen LogP contribution in [0, 0.1) is 5.92 Å². The Kier molecular flexibility index (Phi) is 6.58. The highest BCUT2D eigenvalue weighted by atomic mass is 16.6. The standard InChI is InChI=1S/C24H24N4O6/c1-14(2)12-28-23(29)17-8-6-5-7-16(17)21(26-28)24(30)33-13-20-25-22(27-34-20)15-9-10-18(31-3)19(11-15)32-4/h5-11,14H,12-13H2,1-4H3. The highest BCUT2D eigenvalue weighted by Gasteiger charge is 2.20. The number of carbonyl (C=O) groups excluding carboxylic acids is 1. The van der Waals surface area contributed by atoms with Crippen molar-refractivity contribution >= 4 is 16.7 Å². The average molecular weight is 464 g/mol. The lowest BCUT2D eigenvalue weighted by molar-refractivity contribution is 0.0422. The summed E-state index contributed by atoms with van der Waals surface area (Å²) >= 11 is 0. The van der Waals surface area contributed by atoms with Gasteiger partial charge in [0, 0.05) is 17.5 Å². The minimum Gasteiger partial charge on any atom is -0.493 e. The zero-order chi connectivity index (χ0) is 24.2. The summed E-state index contributed by atoms with van der Waals surface area (Å²) in [5.74, 6) is 0.983. The number of methoxy groups -OCH3 is 2. The van der Waals surface area contributed by atoms with Crippen molar-refractivity contribution in [2.24, 2.45) is 5.92 Å². The number of esters is 1. The second kappa shape index (κ2) is 9.74. The Morgan fingerprint density at radius 3 is 2.50 bits per heavy atom.